The molecule has 0 amide bonds. The van der Waals surface area contributed by atoms with Crippen LogP contribution in [0.4, 0.5) is 13.2 Å². The highest BCUT2D eigenvalue weighted by atomic mass is 32.1. The van der Waals surface area contributed by atoms with Gasteiger partial charge in [0.05, 0.1) is 24.9 Å². The van der Waals surface area contributed by atoms with Gasteiger partial charge in [-0.3, -0.25) is 0 Å². The average molecular weight is 357 g/mol. The predicted molar refractivity (Wildman–Crippen MR) is 87.3 cm³/mol. The van der Waals surface area contributed by atoms with Crippen LogP contribution in [0.1, 0.15) is 11.3 Å². The third kappa shape index (κ3) is 4.56. The van der Waals surface area contributed by atoms with Crippen molar-refractivity contribution in [2.45, 2.75) is 6.18 Å². The van der Waals surface area contributed by atoms with Crippen LogP contribution in [0.15, 0.2) is 45.9 Å². The quantitative estimate of drug-likeness (QED) is 0.489. The Kier molecular flexibility index (Phi) is 5.58. The monoisotopic (exact) mass is 357 g/mol. The molecule has 0 saturated carbocycles. The Bertz CT molecular complexity index is 744. The lowest BCUT2D eigenvalue weighted by molar-refractivity contribution is -0.137. The molecule has 5 nitrogen and oxygen atoms in total. The van der Waals surface area contributed by atoms with E-state index in [4.69, 9.17) is 27.5 Å². The molecule has 0 aliphatic rings. The maximum Gasteiger partial charge on any atom is 0.416 e. The standard InChI is InChI=1S/C15H14F3N3O2S/c16-15(17,18)11-3-1-2-10(8-11)13-5-4-12(23-13)9-20-21(6-7-22)14(19)24/h1-5,8-9,22H,6-7H2,(H2,19,24). The zero-order valence-electron chi connectivity index (χ0n) is 12.3. The van der Waals surface area contributed by atoms with Crippen molar-refractivity contribution in [1.29, 1.82) is 0 Å². The third-order valence-electron chi connectivity index (χ3n) is 2.99. The molecule has 1 aromatic carbocycles. The topological polar surface area (TPSA) is 75.0 Å². The predicted octanol–water partition coefficient (Wildman–Crippen LogP) is 2.84. The Morgan fingerprint density at radius 1 is 1.33 bits per heavy atom. The summed E-state index contributed by atoms with van der Waals surface area (Å²) in [4.78, 5) is 0. The second-order valence-corrected chi connectivity index (χ2v) is 5.13. The first-order valence-electron chi connectivity index (χ1n) is 6.80. The van der Waals surface area contributed by atoms with Crippen LogP contribution < -0.4 is 5.73 Å². The van der Waals surface area contributed by atoms with Crippen molar-refractivity contribution >= 4 is 23.5 Å². The fourth-order valence-electron chi connectivity index (χ4n) is 1.87. The van der Waals surface area contributed by atoms with Gasteiger partial charge in [-0.1, -0.05) is 12.1 Å². The van der Waals surface area contributed by atoms with E-state index in [1.165, 1.54) is 29.4 Å². The Morgan fingerprint density at radius 2 is 2.08 bits per heavy atom. The molecule has 3 N–H and O–H groups in total. The van der Waals surface area contributed by atoms with Crippen molar-refractivity contribution in [3.8, 4) is 11.3 Å². The van der Waals surface area contributed by atoms with E-state index in [1.807, 2.05) is 0 Å². The number of furan rings is 1. The van der Waals surface area contributed by atoms with Gasteiger partial charge in [0.2, 0.25) is 0 Å². The summed E-state index contributed by atoms with van der Waals surface area (Å²) in [6.07, 6.45) is -3.11. The Labute approximate surface area is 141 Å². The first kappa shape index (κ1) is 18.0. The summed E-state index contributed by atoms with van der Waals surface area (Å²) >= 11 is 4.77. The Balaban J connectivity index is 2.20. The van der Waals surface area contributed by atoms with E-state index in [9.17, 15) is 13.2 Å². The van der Waals surface area contributed by atoms with Crippen LogP contribution in [0.25, 0.3) is 11.3 Å². The summed E-state index contributed by atoms with van der Waals surface area (Å²) in [5.41, 5.74) is 4.98. The first-order chi connectivity index (χ1) is 11.3. The van der Waals surface area contributed by atoms with Crippen LogP contribution in [-0.2, 0) is 6.18 Å². The molecule has 0 bridgehead atoms. The zero-order valence-corrected chi connectivity index (χ0v) is 13.1. The van der Waals surface area contributed by atoms with Gasteiger partial charge >= 0.3 is 6.18 Å². The van der Waals surface area contributed by atoms with E-state index in [1.54, 1.807) is 6.07 Å². The summed E-state index contributed by atoms with van der Waals surface area (Å²) in [5, 5.41) is 14.0. The minimum Gasteiger partial charge on any atom is -0.455 e. The summed E-state index contributed by atoms with van der Waals surface area (Å²) in [6.45, 7) is -0.0741. The van der Waals surface area contributed by atoms with Gasteiger partial charge in [-0.15, -0.1) is 0 Å². The molecule has 0 atom stereocenters. The van der Waals surface area contributed by atoms with Crippen molar-refractivity contribution in [2.75, 3.05) is 13.2 Å². The van der Waals surface area contributed by atoms with Crippen molar-refractivity contribution in [1.82, 2.24) is 5.01 Å². The van der Waals surface area contributed by atoms with Gasteiger partial charge in [-0.05, 0) is 36.5 Å². The van der Waals surface area contributed by atoms with Crippen LogP contribution in [0.3, 0.4) is 0 Å². The normalized spacial score (nSPS) is 11.8. The van der Waals surface area contributed by atoms with Crippen LogP contribution in [0.5, 0.6) is 0 Å². The first-order valence-corrected chi connectivity index (χ1v) is 7.21. The molecule has 128 valence electrons. The number of thiocarbonyl (C=S) groups is 1. The number of rotatable bonds is 5. The van der Waals surface area contributed by atoms with E-state index in [2.05, 4.69) is 5.10 Å². The number of benzene rings is 1. The second kappa shape index (κ2) is 7.45. The average Bonchev–Trinajstić information content (AvgIpc) is 2.99. The minimum absolute atomic E-state index is 0.0232. The summed E-state index contributed by atoms with van der Waals surface area (Å²) in [6, 6.07) is 7.91. The van der Waals surface area contributed by atoms with Crippen LogP contribution in [0.2, 0.25) is 0 Å². The van der Waals surface area contributed by atoms with Crippen molar-refractivity contribution in [2.24, 2.45) is 10.8 Å². The van der Waals surface area contributed by atoms with E-state index < -0.39 is 11.7 Å². The fraction of sp³-hybridized carbons (Fsp3) is 0.200. The van der Waals surface area contributed by atoms with Gasteiger partial charge in [0.25, 0.3) is 0 Å². The number of halogens is 3. The highest BCUT2D eigenvalue weighted by Crippen LogP contribution is 2.32. The van der Waals surface area contributed by atoms with Gasteiger partial charge in [0, 0.05) is 5.56 Å². The van der Waals surface area contributed by atoms with E-state index >= 15 is 0 Å². The number of aliphatic hydroxyl groups excluding tert-OH is 1. The molecular weight excluding hydrogens is 343 g/mol. The number of nitrogens with zero attached hydrogens (tertiary/aromatic N) is 2. The molecule has 1 heterocycles. The number of hydrazone groups is 1. The molecule has 0 radical (unpaired) electrons. The van der Waals surface area contributed by atoms with Gasteiger partial charge in [0.15, 0.2) is 5.11 Å². The SMILES string of the molecule is NC(=S)N(CCO)N=Cc1ccc(-c2cccc(C(F)(F)F)c2)o1. The van der Waals surface area contributed by atoms with E-state index in [-0.39, 0.29) is 24.0 Å². The lowest BCUT2D eigenvalue weighted by Crippen LogP contribution is -2.33. The molecule has 0 unspecified atom stereocenters. The number of nitrogens with two attached hydrogens (primary N) is 1. The zero-order chi connectivity index (χ0) is 17.7. The van der Waals surface area contributed by atoms with E-state index in [0.29, 0.717) is 11.3 Å². The number of alkyl halides is 3. The molecule has 0 saturated heterocycles. The van der Waals surface area contributed by atoms with Crippen molar-refractivity contribution < 1.29 is 22.7 Å². The van der Waals surface area contributed by atoms with Crippen molar-refractivity contribution in [3.63, 3.8) is 0 Å². The van der Waals surface area contributed by atoms with Gasteiger partial charge < -0.3 is 15.3 Å². The maximum atomic E-state index is 12.7. The highest BCUT2D eigenvalue weighted by molar-refractivity contribution is 7.80. The lowest BCUT2D eigenvalue weighted by atomic mass is 10.1. The minimum atomic E-state index is -4.42. The van der Waals surface area contributed by atoms with Gasteiger partial charge in [-0.2, -0.15) is 18.3 Å². The summed E-state index contributed by atoms with van der Waals surface area (Å²) < 4.78 is 43.7. The number of hydrogen-bond acceptors (Lipinski definition) is 4. The van der Waals surface area contributed by atoms with Crippen LogP contribution in [0, 0.1) is 0 Å². The molecule has 0 aliphatic heterocycles. The largest absolute Gasteiger partial charge is 0.455 e. The van der Waals surface area contributed by atoms with Crippen molar-refractivity contribution in [3.05, 3.63) is 47.7 Å². The smallest absolute Gasteiger partial charge is 0.416 e. The molecule has 1 aromatic heterocycles. The maximum absolute atomic E-state index is 12.7. The summed E-state index contributed by atoms with van der Waals surface area (Å²) in [5.74, 6) is 0.577. The number of hydrogen-bond donors (Lipinski definition) is 2. The van der Waals surface area contributed by atoms with Gasteiger partial charge in [0.1, 0.15) is 11.5 Å². The molecule has 24 heavy (non-hydrogen) atoms. The fourth-order valence-corrected chi connectivity index (χ4v) is 2.01. The van der Waals surface area contributed by atoms with Crippen LogP contribution >= 0.6 is 12.2 Å². The summed E-state index contributed by atoms with van der Waals surface area (Å²) in [7, 11) is 0. The molecule has 0 spiro atoms. The Morgan fingerprint density at radius 3 is 2.71 bits per heavy atom. The molecule has 0 fully saturated rings. The molecule has 2 rings (SSSR count). The second-order valence-electron chi connectivity index (χ2n) is 4.71. The lowest BCUT2D eigenvalue weighted by Gasteiger charge is -2.14. The van der Waals surface area contributed by atoms with Gasteiger partial charge in [-0.25, -0.2) is 5.01 Å². The Hall–Kier alpha value is -2.39. The third-order valence-corrected chi connectivity index (χ3v) is 3.20. The van der Waals surface area contributed by atoms with Crippen LogP contribution in [-0.4, -0.2) is 34.6 Å². The molecular formula is C15H14F3N3O2S. The number of aliphatic hydroxyl groups is 1. The molecule has 0 aliphatic carbocycles. The molecule has 2 aromatic rings. The highest BCUT2D eigenvalue weighted by Gasteiger charge is 2.30. The molecule has 9 heteroatoms. The van der Waals surface area contributed by atoms with E-state index in [0.717, 1.165) is 12.1 Å².